The minimum absolute atomic E-state index is 0.242. The van der Waals surface area contributed by atoms with Gasteiger partial charge in [0.05, 0.1) is 18.8 Å². The first-order valence-electron chi connectivity index (χ1n) is 8.45. The van der Waals surface area contributed by atoms with Gasteiger partial charge in [0.1, 0.15) is 0 Å². The van der Waals surface area contributed by atoms with Crippen molar-refractivity contribution >= 4 is 16.5 Å². The van der Waals surface area contributed by atoms with Gasteiger partial charge in [0.2, 0.25) is 0 Å². The lowest BCUT2D eigenvalue weighted by Crippen LogP contribution is -2.47. The Morgan fingerprint density at radius 1 is 1.27 bits per heavy atom. The highest BCUT2D eigenvalue weighted by Gasteiger charge is 2.31. The molecule has 2 aliphatic heterocycles. The van der Waals surface area contributed by atoms with Crippen molar-refractivity contribution in [3.63, 3.8) is 0 Å². The van der Waals surface area contributed by atoms with Gasteiger partial charge in [-0.25, -0.2) is 4.98 Å². The molecule has 0 radical (unpaired) electrons. The fraction of sp³-hybridized carbons (Fsp3) is 0.812. The number of hydrogen-bond acceptors (Lipinski definition) is 6. The standard InChI is InChI=1S/C16H27N3O2S/c1-3-19(4-2)16-17-10-13(22-16)11-18-7-9-21-15(12-18)14-6-5-8-20-14/h10,14-15H,3-9,11-12H2,1-2H3/t14-,15+/m0/s1. The number of ether oxygens (including phenoxy) is 2. The molecule has 0 N–H and O–H groups in total. The second-order valence-corrected chi connectivity index (χ2v) is 7.07. The molecule has 6 heteroatoms. The number of thiazole rings is 1. The summed E-state index contributed by atoms with van der Waals surface area (Å²) in [6.07, 6.45) is 4.90. The predicted octanol–water partition coefficient (Wildman–Crippen LogP) is 2.37. The predicted molar refractivity (Wildman–Crippen MR) is 89.7 cm³/mol. The molecule has 0 unspecified atom stereocenters. The molecule has 2 atom stereocenters. The second kappa shape index (κ2) is 7.73. The largest absolute Gasteiger partial charge is 0.375 e. The Morgan fingerprint density at radius 2 is 2.09 bits per heavy atom. The van der Waals surface area contributed by atoms with Crippen molar-refractivity contribution in [3.05, 3.63) is 11.1 Å². The molecule has 0 spiro atoms. The zero-order chi connectivity index (χ0) is 15.4. The minimum Gasteiger partial charge on any atom is -0.375 e. The van der Waals surface area contributed by atoms with Crippen molar-refractivity contribution in [3.8, 4) is 0 Å². The fourth-order valence-corrected chi connectivity index (χ4v) is 4.31. The van der Waals surface area contributed by atoms with Crippen LogP contribution in [0.1, 0.15) is 31.6 Å². The lowest BCUT2D eigenvalue weighted by molar-refractivity contribution is -0.0958. The summed E-state index contributed by atoms with van der Waals surface area (Å²) in [6.45, 7) is 11.1. The van der Waals surface area contributed by atoms with E-state index < -0.39 is 0 Å². The molecular weight excluding hydrogens is 298 g/mol. The molecule has 3 heterocycles. The van der Waals surface area contributed by atoms with Crippen molar-refractivity contribution in [1.82, 2.24) is 9.88 Å². The van der Waals surface area contributed by atoms with Crippen LogP contribution >= 0.6 is 11.3 Å². The van der Waals surface area contributed by atoms with Crippen molar-refractivity contribution in [2.24, 2.45) is 0 Å². The third-order valence-corrected chi connectivity index (χ3v) is 5.55. The van der Waals surface area contributed by atoms with Gasteiger partial charge < -0.3 is 14.4 Å². The molecule has 0 bridgehead atoms. The third-order valence-electron chi connectivity index (χ3n) is 4.51. The van der Waals surface area contributed by atoms with E-state index in [1.54, 1.807) is 0 Å². The SMILES string of the molecule is CCN(CC)c1ncc(CN2CCO[C@@H]([C@@H]3CCCO3)C2)s1. The van der Waals surface area contributed by atoms with Crippen LogP contribution in [0, 0.1) is 0 Å². The van der Waals surface area contributed by atoms with E-state index in [2.05, 4.69) is 28.6 Å². The van der Waals surface area contributed by atoms with Crippen LogP contribution in [0.4, 0.5) is 5.13 Å². The van der Waals surface area contributed by atoms with Crippen LogP contribution in [0.5, 0.6) is 0 Å². The van der Waals surface area contributed by atoms with Crippen molar-refractivity contribution in [1.29, 1.82) is 0 Å². The molecule has 0 aromatic carbocycles. The molecular formula is C16H27N3O2S. The zero-order valence-corrected chi connectivity index (χ0v) is 14.5. The van der Waals surface area contributed by atoms with Gasteiger partial charge in [-0.2, -0.15) is 0 Å². The first-order valence-corrected chi connectivity index (χ1v) is 9.27. The molecule has 0 aliphatic carbocycles. The van der Waals surface area contributed by atoms with Crippen LogP contribution in [0.15, 0.2) is 6.20 Å². The normalized spacial score (nSPS) is 26.5. The Kier molecular flexibility index (Phi) is 5.68. The van der Waals surface area contributed by atoms with Gasteiger partial charge in [0.15, 0.2) is 5.13 Å². The Bertz CT molecular complexity index is 458. The van der Waals surface area contributed by atoms with Crippen molar-refractivity contribution in [2.75, 3.05) is 44.3 Å². The Hall–Kier alpha value is -0.690. The Balaban J connectivity index is 1.56. The number of morpholine rings is 1. The van der Waals surface area contributed by atoms with E-state index in [1.807, 2.05) is 17.5 Å². The van der Waals surface area contributed by atoms with Gasteiger partial charge in [-0.3, -0.25) is 4.90 Å². The molecule has 0 amide bonds. The number of rotatable bonds is 6. The summed E-state index contributed by atoms with van der Waals surface area (Å²) in [5.41, 5.74) is 0. The molecule has 1 aromatic heterocycles. The molecule has 3 rings (SSSR count). The van der Waals surface area contributed by atoms with Crippen LogP contribution in [0.25, 0.3) is 0 Å². The van der Waals surface area contributed by atoms with Gasteiger partial charge in [-0.1, -0.05) is 0 Å². The van der Waals surface area contributed by atoms with Crippen LogP contribution in [-0.4, -0.2) is 61.5 Å². The third kappa shape index (κ3) is 3.79. The highest BCUT2D eigenvalue weighted by molar-refractivity contribution is 7.15. The summed E-state index contributed by atoms with van der Waals surface area (Å²) in [6, 6.07) is 0. The molecule has 0 saturated carbocycles. The molecule has 5 nitrogen and oxygen atoms in total. The van der Waals surface area contributed by atoms with Gasteiger partial charge in [0, 0.05) is 50.4 Å². The number of hydrogen-bond donors (Lipinski definition) is 0. The minimum atomic E-state index is 0.242. The number of nitrogens with zero attached hydrogens (tertiary/aromatic N) is 3. The lowest BCUT2D eigenvalue weighted by Gasteiger charge is -2.35. The van der Waals surface area contributed by atoms with Gasteiger partial charge >= 0.3 is 0 Å². The monoisotopic (exact) mass is 325 g/mol. The van der Waals surface area contributed by atoms with E-state index in [1.165, 1.54) is 11.3 Å². The van der Waals surface area contributed by atoms with Crippen molar-refractivity contribution in [2.45, 2.75) is 45.4 Å². The summed E-state index contributed by atoms with van der Waals surface area (Å²) >= 11 is 1.82. The number of anilines is 1. The molecule has 124 valence electrons. The Labute approximate surface area is 137 Å². The van der Waals surface area contributed by atoms with E-state index in [0.29, 0.717) is 6.10 Å². The van der Waals surface area contributed by atoms with Crippen molar-refractivity contribution < 1.29 is 9.47 Å². The first-order chi connectivity index (χ1) is 10.8. The average Bonchev–Trinajstić information content (AvgIpc) is 3.21. The lowest BCUT2D eigenvalue weighted by atomic mass is 10.1. The highest BCUT2D eigenvalue weighted by atomic mass is 32.1. The fourth-order valence-electron chi connectivity index (χ4n) is 3.23. The smallest absolute Gasteiger partial charge is 0.185 e. The van der Waals surface area contributed by atoms with Gasteiger partial charge in [-0.15, -0.1) is 11.3 Å². The molecule has 22 heavy (non-hydrogen) atoms. The molecule has 2 fully saturated rings. The summed E-state index contributed by atoms with van der Waals surface area (Å²) in [5.74, 6) is 0. The maximum absolute atomic E-state index is 5.92. The summed E-state index contributed by atoms with van der Waals surface area (Å²) in [5, 5.41) is 1.14. The first kappa shape index (κ1) is 16.2. The topological polar surface area (TPSA) is 37.8 Å². The van der Waals surface area contributed by atoms with Gasteiger partial charge in [-0.05, 0) is 26.7 Å². The molecule has 2 aliphatic rings. The van der Waals surface area contributed by atoms with E-state index in [-0.39, 0.29) is 6.10 Å². The summed E-state index contributed by atoms with van der Waals surface area (Å²) < 4.78 is 11.7. The summed E-state index contributed by atoms with van der Waals surface area (Å²) in [7, 11) is 0. The maximum Gasteiger partial charge on any atom is 0.185 e. The van der Waals surface area contributed by atoms with Crippen LogP contribution in [-0.2, 0) is 16.0 Å². The van der Waals surface area contributed by atoms with Crippen LogP contribution in [0.3, 0.4) is 0 Å². The molecule has 1 aromatic rings. The van der Waals surface area contributed by atoms with Crippen LogP contribution < -0.4 is 4.90 Å². The number of aromatic nitrogens is 1. The van der Waals surface area contributed by atoms with Crippen LogP contribution in [0.2, 0.25) is 0 Å². The van der Waals surface area contributed by atoms with E-state index in [4.69, 9.17) is 9.47 Å². The Morgan fingerprint density at radius 3 is 2.82 bits per heavy atom. The van der Waals surface area contributed by atoms with Gasteiger partial charge in [0.25, 0.3) is 0 Å². The zero-order valence-electron chi connectivity index (χ0n) is 13.7. The maximum atomic E-state index is 5.92. The van der Waals surface area contributed by atoms with E-state index in [0.717, 1.165) is 57.5 Å². The molecule has 2 saturated heterocycles. The summed E-state index contributed by atoms with van der Waals surface area (Å²) in [4.78, 5) is 10.7. The average molecular weight is 325 g/mol. The van der Waals surface area contributed by atoms with E-state index >= 15 is 0 Å². The van der Waals surface area contributed by atoms with E-state index in [9.17, 15) is 0 Å². The second-order valence-electron chi connectivity index (χ2n) is 5.98. The highest BCUT2D eigenvalue weighted by Crippen LogP contribution is 2.25. The quantitative estimate of drug-likeness (QED) is 0.803.